The molecule has 0 aliphatic carbocycles. The van der Waals surface area contributed by atoms with Crippen LogP contribution in [0.15, 0.2) is 4.42 Å². The minimum Gasteiger partial charge on any atom is -0.457 e. The molecule has 1 heterocycles. The minimum absolute atomic E-state index is 0.0248. The van der Waals surface area contributed by atoms with Crippen LogP contribution < -0.4 is 153 Å². The third kappa shape index (κ3) is 6.85. The van der Waals surface area contributed by atoms with Crippen LogP contribution in [0.5, 0.6) is 0 Å². The molecule has 0 amide bonds. The van der Waals surface area contributed by atoms with E-state index in [1.807, 2.05) is 0 Å². The third-order valence-corrected chi connectivity index (χ3v) is 14.7. The molecule has 10 rings (SSSR count). The summed E-state index contributed by atoms with van der Waals surface area (Å²) in [4.78, 5) is 0. The Balaban J connectivity index is 1.55. The molecule has 0 unspecified atom stereocenters. The van der Waals surface area contributed by atoms with Crippen LogP contribution in [0, 0.1) is 0 Å². The lowest BCUT2D eigenvalue weighted by molar-refractivity contribution is 0.675. The second-order valence-electron chi connectivity index (χ2n) is 18.3. The van der Waals surface area contributed by atoms with E-state index >= 15 is 0 Å². The highest BCUT2D eigenvalue weighted by Crippen LogP contribution is 2.42. The highest BCUT2D eigenvalue weighted by Gasteiger charge is 2.32. The summed E-state index contributed by atoms with van der Waals surface area (Å²) in [7, 11) is 191. The Kier molecular flexibility index (Phi) is 13.0. The number of fused-ring (bicyclic) bond motifs is 7. The Morgan fingerprint density at radius 3 is 0.720 bits per heavy atom. The molecule has 29 heteroatoms. The van der Waals surface area contributed by atoms with Crippen LogP contribution in [-0.2, 0) is 0 Å². The molecule has 0 saturated carbocycles. The zero-order valence-electron chi connectivity index (χ0n) is 39.6. The van der Waals surface area contributed by atoms with E-state index in [0.717, 1.165) is 0 Å². The topological polar surface area (TPSA) is 13.1 Å². The smallest absolute Gasteiger partial charge is 0.128 e. The number of benzene rings is 9. The standard InChI is InChI=1S/C46B28O/c47-17-3(8-10(26(56)38(68)37(67)25(8)55)18(48)11(17)13-28(58)41(71)43(73)42(72)29(13)59)1-4-6(23(53)35(65)33(63)21(4)51)2(7-5(1)22(52)34(64)36(66)24(7)54)9-19(49)16-15-20(50)12-14(30(60)40(70)39(69)27(12)57)32(62)45(15)75-46(16)44(74)31(9)61. The van der Waals surface area contributed by atoms with Crippen LogP contribution in [0.1, 0.15) is 0 Å². The molecular weight excluding hydrogens is 871 g/mol. The molecule has 0 aliphatic rings. The summed E-state index contributed by atoms with van der Waals surface area (Å²) in [5, 5.41) is 0.152. The van der Waals surface area contributed by atoms with Crippen molar-refractivity contribution in [2.24, 2.45) is 0 Å². The van der Waals surface area contributed by atoms with E-state index in [4.69, 9.17) is 224 Å². The fourth-order valence-electron chi connectivity index (χ4n) is 10.7. The van der Waals surface area contributed by atoms with Gasteiger partial charge in [0.15, 0.2) is 0 Å². The quantitative estimate of drug-likeness (QED) is 0.127. The van der Waals surface area contributed by atoms with Crippen molar-refractivity contribution in [2.75, 3.05) is 0 Å². The highest BCUT2D eigenvalue weighted by molar-refractivity contribution is 6.78. The largest absolute Gasteiger partial charge is 0.457 e. The summed E-state index contributed by atoms with van der Waals surface area (Å²) in [6, 6.07) is 0. The predicted molar refractivity (Wildman–Crippen MR) is 351 cm³/mol. The third-order valence-electron chi connectivity index (χ3n) is 14.7. The van der Waals surface area contributed by atoms with E-state index in [2.05, 4.69) is 0 Å². The van der Waals surface area contributed by atoms with Gasteiger partial charge >= 0.3 is 0 Å². The molecule has 1 aromatic heterocycles. The van der Waals surface area contributed by atoms with Gasteiger partial charge in [-0.1, -0.05) is 87.4 Å². The van der Waals surface area contributed by atoms with Gasteiger partial charge in [-0.25, -0.2) is 0 Å². The highest BCUT2D eigenvalue weighted by atomic mass is 16.3. The van der Waals surface area contributed by atoms with Crippen LogP contribution in [0.25, 0.3) is 98.4 Å². The van der Waals surface area contributed by atoms with Crippen molar-refractivity contribution in [3.05, 3.63) is 0 Å². The molecule has 75 heavy (non-hydrogen) atoms. The molecule has 9 aromatic carbocycles. The van der Waals surface area contributed by atoms with Gasteiger partial charge in [0.25, 0.3) is 0 Å². The van der Waals surface area contributed by atoms with Crippen LogP contribution in [0.3, 0.4) is 0 Å². The van der Waals surface area contributed by atoms with E-state index < -0.39 is 0 Å². The van der Waals surface area contributed by atoms with E-state index in [9.17, 15) is 0 Å². The van der Waals surface area contributed by atoms with Gasteiger partial charge in [-0.15, -0.1) is 60.1 Å². The Bertz CT molecular complexity index is 4330. The van der Waals surface area contributed by atoms with Gasteiger partial charge < -0.3 is 4.42 Å². The summed E-state index contributed by atoms with van der Waals surface area (Å²) in [6.07, 6.45) is 0. The Hall–Kier alpha value is -4.36. The predicted octanol–water partition coefficient (Wildman–Crippen LogP) is -20.6. The maximum absolute atomic E-state index is 7.47. The first kappa shape index (κ1) is 54.0. The SMILES string of the molecule is [B]c1c([B])c([B])c(-c2c([B])c(-c3c4c([B])c([B])c([B])c([B])c4c(-c4c([B])c([B])c5oc6c([B])c7c([B])c([B])c([B])c([B])c7c([B])c6c5c4[B])c4c([B])c([B])c([B])c([B])c34)c3c([B])c([B])c([B])c([B])c3c2[B])c([B])c1[B]. The average Bonchev–Trinajstić information content (AvgIpc) is 3.80. The lowest BCUT2D eigenvalue weighted by atomic mass is 9.55. The molecule has 10 aromatic rings. The van der Waals surface area contributed by atoms with E-state index in [1.54, 1.807) is 0 Å². The summed E-state index contributed by atoms with van der Waals surface area (Å²) in [6.45, 7) is 0. The van der Waals surface area contributed by atoms with Crippen LogP contribution in [-0.4, -0.2) is 220 Å². The van der Waals surface area contributed by atoms with Gasteiger partial charge in [-0.3, -0.25) is 0 Å². The monoisotopic (exact) mass is 876 g/mol. The zero-order valence-corrected chi connectivity index (χ0v) is 39.6. The summed E-state index contributed by atoms with van der Waals surface area (Å²) >= 11 is 0. The first-order valence-corrected chi connectivity index (χ1v) is 22.0. The summed E-state index contributed by atoms with van der Waals surface area (Å²) in [5.41, 5.74) is -5.27. The lowest BCUT2D eigenvalue weighted by Gasteiger charge is -2.33. The fourth-order valence-corrected chi connectivity index (χ4v) is 10.7. The van der Waals surface area contributed by atoms with Crippen molar-refractivity contribution in [3.8, 4) is 33.4 Å². The molecule has 1 nitrogen and oxygen atoms in total. The molecule has 0 atom stereocenters. The van der Waals surface area contributed by atoms with E-state index in [0.29, 0.717) is 0 Å². The molecule has 0 bridgehead atoms. The van der Waals surface area contributed by atoms with Crippen molar-refractivity contribution < 1.29 is 4.42 Å². The Morgan fingerprint density at radius 2 is 0.333 bits per heavy atom. The molecule has 274 valence electrons. The molecule has 0 spiro atoms. The molecule has 0 fully saturated rings. The summed E-state index contributed by atoms with van der Waals surface area (Å²) in [5.74, 6) is 0. The zero-order chi connectivity index (χ0) is 55.3. The van der Waals surface area contributed by atoms with Crippen LogP contribution >= 0.6 is 0 Å². The summed E-state index contributed by atoms with van der Waals surface area (Å²) < 4.78 is 6.39. The van der Waals surface area contributed by atoms with Crippen molar-refractivity contribution in [2.45, 2.75) is 0 Å². The number of furan rings is 1. The van der Waals surface area contributed by atoms with E-state index in [1.165, 1.54) is 0 Å². The molecule has 0 aliphatic heterocycles. The first-order chi connectivity index (χ1) is 35.0. The average molecular weight is 871 g/mol. The lowest BCUT2D eigenvalue weighted by Crippen LogP contribution is -2.56. The first-order valence-electron chi connectivity index (χ1n) is 22.0. The number of hydrogen-bond donors (Lipinski definition) is 0. The van der Waals surface area contributed by atoms with E-state index in [-0.39, 0.29) is 251 Å². The van der Waals surface area contributed by atoms with Gasteiger partial charge in [0.2, 0.25) is 0 Å². The van der Waals surface area contributed by atoms with Gasteiger partial charge in [0.1, 0.15) is 231 Å². The molecule has 0 saturated heterocycles. The van der Waals surface area contributed by atoms with Gasteiger partial charge in [-0.2, -0.15) is 0 Å². The van der Waals surface area contributed by atoms with Gasteiger partial charge in [0, 0.05) is 10.8 Å². The fraction of sp³-hybridized carbons (Fsp3) is 0. The van der Waals surface area contributed by atoms with Crippen molar-refractivity contribution in [3.63, 3.8) is 0 Å². The van der Waals surface area contributed by atoms with Crippen molar-refractivity contribution in [1.82, 2.24) is 0 Å². The Morgan fingerprint density at radius 1 is 0.120 bits per heavy atom. The molecule has 0 N–H and O–H groups in total. The number of hydrogen-bond acceptors (Lipinski definition) is 1. The second-order valence-corrected chi connectivity index (χ2v) is 18.3. The normalized spacial score (nSPS) is 11.9. The second kappa shape index (κ2) is 18.1. The molecule has 56 radical (unpaired) electrons. The minimum atomic E-state index is -0.258. The maximum atomic E-state index is 7.47. The van der Waals surface area contributed by atoms with Crippen LogP contribution in [0.2, 0.25) is 0 Å². The molecular formula is C46B28O. The van der Waals surface area contributed by atoms with Gasteiger partial charge in [-0.05, 0) is 81.9 Å². The van der Waals surface area contributed by atoms with Crippen LogP contribution in [0.4, 0.5) is 0 Å². The number of rotatable bonds is 3. The Labute approximate surface area is 472 Å². The van der Waals surface area contributed by atoms with Crippen molar-refractivity contribution in [1.29, 1.82) is 0 Å². The van der Waals surface area contributed by atoms with Gasteiger partial charge in [0.05, 0.1) is 0 Å². The van der Waals surface area contributed by atoms with Crippen molar-refractivity contribution >= 4 is 438 Å². The maximum Gasteiger partial charge on any atom is 0.128 e.